The highest BCUT2D eigenvalue weighted by atomic mass is 16.4. The smallest absolute Gasteiger partial charge is 0.326 e. The van der Waals surface area contributed by atoms with Crippen LogP contribution in [0.3, 0.4) is 0 Å². The van der Waals surface area contributed by atoms with Crippen molar-refractivity contribution in [1.29, 1.82) is 0 Å². The Balaban J connectivity index is -0.000000649. The van der Waals surface area contributed by atoms with Crippen molar-refractivity contribution < 1.29 is 58.2 Å². The second-order valence-corrected chi connectivity index (χ2v) is 9.27. The molecule has 45 heavy (non-hydrogen) atoms. The van der Waals surface area contributed by atoms with Gasteiger partial charge >= 0.3 is 11.9 Å². The van der Waals surface area contributed by atoms with E-state index in [-0.39, 0.29) is 51.4 Å². The van der Waals surface area contributed by atoms with E-state index in [0.717, 1.165) is 0 Å². The zero-order chi connectivity index (χ0) is 35.9. The number of carboxylic acid groups (broad SMARTS) is 2. The molecule has 0 saturated heterocycles. The third-order valence-electron chi connectivity index (χ3n) is 5.09. The fraction of sp³-hybridized carbons (Fsp3) is 0.583. The molecule has 4 atom stereocenters. The molecule has 256 valence electrons. The maximum Gasteiger partial charge on any atom is 0.326 e. The third kappa shape index (κ3) is 28.5. The van der Waals surface area contributed by atoms with Gasteiger partial charge in [0.25, 0.3) is 0 Å². The number of hydrogen-bond donors (Lipinski definition) is 11. The van der Waals surface area contributed by atoms with Gasteiger partial charge in [-0.05, 0) is 25.7 Å². The summed E-state index contributed by atoms with van der Waals surface area (Å²) < 4.78 is 0. The Morgan fingerprint density at radius 2 is 0.844 bits per heavy atom. The number of hydrogen-bond acceptors (Lipinski definition) is 11. The van der Waals surface area contributed by atoms with Crippen molar-refractivity contribution in [1.82, 2.24) is 16.0 Å². The number of nitrogens with one attached hydrogen (secondary N) is 3. The summed E-state index contributed by atoms with van der Waals surface area (Å²) in [4.78, 5) is 107. The van der Waals surface area contributed by atoms with Gasteiger partial charge in [0.05, 0.1) is 0 Å². The SMILES string of the molecule is CC(=O)NC(CCC(N)=O)C(=O)NC(CCC(N)=O)C(N)=O.CC(=O)NC(CCC(N)=O)C(=O)O.NC(=O)CCC(N)C(=O)O. The summed E-state index contributed by atoms with van der Waals surface area (Å²) in [6.07, 6.45) is -0.262. The van der Waals surface area contributed by atoms with E-state index in [9.17, 15) is 47.9 Å². The number of carboxylic acids is 2. The van der Waals surface area contributed by atoms with Crippen molar-refractivity contribution in [2.24, 2.45) is 34.4 Å². The maximum atomic E-state index is 12.0. The van der Waals surface area contributed by atoms with Crippen molar-refractivity contribution in [3.8, 4) is 0 Å². The van der Waals surface area contributed by atoms with Crippen LogP contribution in [0.2, 0.25) is 0 Å². The molecule has 0 aliphatic heterocycles. The second kappa shape index (κ2) is 24.1. The molecule has 0 spiro atoms. The summed E-state index contributed by atoms with van der Waals surface area (Å²) in [6, 6.07) is -4.16. The van der Waals surface area contributed by atoms with Gasteiger partial charge in [0.1, 0.15) is 24.2 Å². The number of amides is 8. The van der Waals surface area contributed by atoms with Crippen molar-refractivity contribution in [3.05, 3.63) is 0 Å². The largest absolute Gasteiger partial charge is 0.480 e. The first-order valence-corrected chi connectivity index (χ1v) is 13.1. The molecule has 21 nitrogen and oxygen atoms in total. The van der Waals surface area contributed by atoms with Crippen LogP contribution < -0.4 is 50.4 Å². The highest BCUT2D eigenvalue weighted by Gasteiger charge is 2.25. The minimum atomic E-state index is -1.17. The zero-order valence-electron chi connectivity index (χ0n) is 24.9. The Hall–Kier alpha value is -5.34. The van der Waals surface area contributed by atoms with Crippen LogP contribution in [0, 0.1) is 0 Å². The minimum Gasteiger partial charge on any atom is -0.480 e. The van der Waals surface area contributed by atoms with Gasteiger partial charge in [-0.2, -0.15) is 0 Å². The normalized spacial score (nSPS) is 12.4. The molecule has 0 heterocycles. The Morgan fingerprint density at radius 1 is 0.511 bits per heavy atom. The van der Waals surface area contributed by atoms with Crippen molar-refractivity contribution >= 4 is 59.2 Å². The lowest BCUT2D eigenvalue weighted by Gasteiger charge is -2.21. The molecule has 0 radical (unpaired) electrons. The van der Waals surface area contributed by atoms with Gasteiger partial charge in [-0.1, -0.05) is 0 Å². The van der Waals surface area contributed by atoms with Crippen LogP contribution in [0.5, 0.6) is 0 Å². The Labute approximate surface area is 257 Å². The molecule has 0 bridgehead atoms. The zero-order valence-corrected chi connectivity index (χ0v) is 24.9. The van der Waals surface area contributed by atoms with Crippen molar-refractivity contribution in [3.63, 3.8) is 0 Å². The monoisotopic (exact) mass is 649 g/mol. The van der Waals surface area contributed by atoms with E-state index < -0.39 is 83.4 Å². The first-order valence-electron chi connectivity index (χ1n) is 13.1. The van der Waals surface area contributed by atoms with Crippen LogP contribution in [0.1, 0.15) is 65.2 Å². The number of nitrogens with two attached hydrogens (primary N) is 6. The highest BCUT2D eigenvalue weighted by molar-refractivity contribution is 5.92. The first kappa shape index (κ1) is 44.1. The lowest BCUT2D eigenvalue weighted by atomic mass is 10.1. The van der Waals surface area contributed by atoms with Gasteiger partial charge in [-0.3, -0.25) is 43.2 Å². The maximum absolute atomic E-state index is 12.0. The number of carbonyl (C=O) groups excluding carboxylic acids is 8. The standard InChI is InChI=1S/C12H21N5O5.C7H12N2O4.C5H10N2O3/c1-6(18)16-8(3-5-10(14)20)12(22)17-7(11(15)21)2-4-9(13)19;1-4(10)9-5(7(12)13)2-3-6(8)11;6-3(5(9)10)1-2-4(7)8/h7-8H,2-5H2,1H3,(H2,13,19)(H2,14,20)(H2,15,21)(H,16,18)(H,17,22);5H,2-3H2,1H3,(H2,8,11)(H,9,10)(H,12,13);3H,1-2,6H2,(H2,7,8)(H,9,10). The van der Waals surface area contributed by atoms with Gasteiger partial charge in [-0.15, -0.1) is 0 Å². The van der Waals surface area contributed by atoms with E-state index in [0.29, 0.717) is 0 Å². The molecule has 0 rings (SSSR count). The van der Waals surface area contributed by atoms with Gasteiger partial charge in [0.2, 0.25) is 47.3 Å². The molecule has 4 unspecified atom stereocenters. The first-order chi connectivity index (χ1) is 20.6. The summed E-state index contributed by atoms with van der Waals surface area (Å²) in [5.41, 5.74) is 29.7. The summed E-state index contributed by atoms with van der Waals surface area (Å²) in [5, 5.41) is 23.6. The fourth-order valence-corrected chi connectivity index (χ4v) is 2.86. The summed E-state index contributed by atoms with van der Waals surface area (Å²) in [5.74, 6) is -7.16. The predicted molar refractivity (Wildman–Crippen MR) is 153 cm³/mol. The molecule has 8 amide bonds. The number of aliphatic carboxylic acids is 2. The molecule has 0 aromatic heterocycles. The topological polar surface area (TPSA) is 403 Å². The van der Waals surface area contributed by atoms with E-state index >= 15 is 0 Å². The van der Waals surface area contributed by atoms with E-state index in [1.807, 2.05) is 0 Å². The van der Waals surface area contributed by atoms with E-state index in [2.05, 4.69) is 16.0 Å². The van der Waals surface area contributed by atoms with Gasteiger partial charge in [0, 0.05) is 39.5 Å². The van der Waals surface area contributed by atoms with E-state index in [4.69, 9.17) is 44.6 Å². The Kier molecular flexibility index (Phi) is 23.7. The van der Waals surface area contributed by atoms with Crippen LogP contribution in [0.15, 0.2) is 0 Å². The molecule has 0 saturated carbocycles. The van der Waals surface area contributed by atoms with Crippen LogP contribution in [-0.4, -0.2) is 93.6 Å². The lowest BCUT2D eigenvalue weighted by molar-refractivity contribution is -0.142. The predicted octanol–water partition coefficient (Wildman–Crippen LogP) is -5.50. The van der Waals surface area contributed by atoms with Crippen molar-refractivity contribution in [2.75, 3.05) is 0 Å². The summed E-state index contributed by atoms with van der Waals surface area (Å²) >= 11 is 0. The number of rotatable bonds is 19. The van der Waals surface area contributed by atoms with Crippen LogP contribution in [0.4, 0.5) is 0 Å². The van der Waals surface area contributed by atoms with Crippen LogP contribution in [0.25, 0.3) is 0 Å². The number of primary amides is 5. The molecule has 21 heteroatoms. The third-order valence-corrected chi connectivity index (χ3v) is 5.09. The van der Waals surface area contributed by atoms with Crippen molar-refractivity contribution in [2.45, 2.75) is 89.4 Å². The average molecular weight is 650 g/mol. The van der Waals surface area contributed by atoms with Gasteiger partial charge in [0.15, 0.2) is 0 Å². The molecule has 0 aromatic rings. The molecular formula is C24H43N9O12. The van der Waals surface area contributed by atoms with Gasteiger partial charge < -0.3 is 60.6 Å². The van der Waals surface area contributed by atoms with Crippen LogP contribution >= 0.6 is 0 Å². The van der Waals surface area contributed by atoms with Gasteiger partial charge in [-0.25, -0.2) is 4.79 Å². The summed E-state index contributed by atoms with van der Waals surface area (Å²) in [7, 11) is 0. The lowest BCUT2D eigenvalue weighted by Crippen LogP contribution is -2.53. The van der Waals surface area contributed by atoms with Crippen LogP contribution in [-0.2, 0) is 47.9 Å². The molecule has 17 N–H and O–H groups in total. The fourth-order valence-electron chi connectivity index (χ4n) is 2.86. The summed E-state index contributed by atoms with van der Waals surface area (Å²) in [6.45, 7) is 2.41. The molecular weight excluding hydrogens is 606 g/mol. The number of carbonyl (C=O) groups is 10. The second-order valence-electron chi connectivity index (χ2n) is 9.27. The molecule has 0 aliphatic carbocycles. The Bertz CT molecular complexity index is 1080. The molecule has 0 aromatic carbocycles. The average Bonchev–Trinajstić information content (AvgIpc) is 2.89. The van der Waals surface area contributed by atoms with E-state index in [1.165, 1.54) is 13.8 Å². The molecule has 0 fully saturated rings. The quantitative estimate of drug-likeness (QED) is 0.0622. The minimum absolute atomic E-state index is 0.0181. The highest BCUT2D eigenvalue weighted by Crippen LogP contribution is 2.02. The Morgan fingerprint density at radius 3 is 1.16 bits per heavy atom. The van der Waals surface area contributed by atoms with E-state index in [1.54, 1.807) is 0 Å². The molecule has 0 aliphatic rings.